The van der Waals surface area contributed by atoms with Crippen LogP contribution >= 0.6 is 0 Å². The molecule has 1 saturated carbocycles. The fraction of sp³-hybridized carbons (Fsp3) is 0.500. The Balaban J connectivity index is 1.35. The quantitative estimate of drug-likeness (QED) is 0.882. The molecule has 148 valence electrons. The van der Waals surface area contributed by atoms with Crippen molar-refractivity contribution in [3.8, 4) is 0 Å². The molecule has 28 heavy (non-hydrogen) atoms. The van der Waals surface area contributed by atoms with Gasteiger partial charge in [-0.25, -0.2) is 9.97 Å². The maximum atomic E-state index is 12.8. The molecule has 0 bridgehead atoms. The van der Waals surface area contributed by atoms with Crippen LogP contribution in [-0.4, -0.2) is 53.0 Å². The SMILES string of the molecule is Cc1cccc(N2CCN(C(=O)c3cnc(NC4CCCC4)nc3)CC2)c1C. The van der Waals surface area contributed by atoms with E-state index in [0.717, 1.165) is 13.1 Å². The van der Waals surface area contributed by atoms with E-state index in [4.69, 9.17) is 0 Å². The number of nitrogens with one attached hydrogen (secondary N) is 1. The summed E-state index contributed by atoms with van der Waals surface area (Å²) >= 11 is 0. The third kappa shape index (κ3) is 3.96. The Kier molecular flexibility index (Phi) is 5.46. The van der Waals surface area contributed by atoms with E-state index >= 15 is 0 Å². The van der Waals surface area contributed by atoms with E-state index in [9.17, 15) is 4.79 Å². The first kappa shape index (κ1) is 18.7. The van der Waals surface area contributed by atoms with Crippen LogP contribution in [0, 0.1) is 13.8 Å². The summed E-state index contributed by atoms with van der Waals surface area (Å²) in [6.07, 6.45) is 8.20. The fourth-order valence-electron chi connectivity index (χ4n) is 4.18. The zero-order valence-electron chi connectivity index (χ0n) is 16.8. The third-order valence-corrected chi connectivity index (χ3v) is 6.07. The largest absolute Gasteiger partial charge is 0.368 e. The average Bonchev–Trinajstić information content (AvgIpc) is 3.23. The number of benzene rings is 1. The lowest BCUT2D eigenvalue weighted by molar-refractivity contribution is 0.0746. The van der Waals surface area contributed by atoms with Gasteiger partial charge >= 0.3 is 0 Å². The van der Waals surface area contributed by atoms with Crippen molar-refractivity contribution >= 4 is 17.5 Å². The number of nitrogens with zero attached hydrogens (tertiary/aromatic N) is 4. The van der Waals surface area contributed by atoms with Gasteiger partial charge in [-0.2, -0.15) is 0 Å². The minimum atomic E-state index is 0.0213. The predicted octanol–water partition coefficient (Wildman–Crippen LogP) is 3.41. The van der Waals surface area contributed by atoms with Crippen LogP contribution in [0.1, 0.15) is 47.2 Å². The molecule has 6 heteroatoms. The number of amides is 1. The van der Waals surface area contributed by atoms with Crippen LogP contribution in [0.2, 0.25) is 0 Å². The molecule has 2 aliphatic rings. The van der Waals surface area contributed by atoms with Gasteiger partial charge in [0.25, 0.3) is 5.91 Å². The molecular weight excluding hydrogens is 350 g/mol. The lowest BCUT2D eigenvalue weighted by atomic mass is 10.1. The first-order valence-electron chi connectivity index (χ1n) is 10.3. The van der Waals surface area contributed by atoms with E-state index in [1.54, 1.807) is 12.4 Å². The molecule has 2 aromatic rings. The predicted molar refractivity (Wildman–Crippen MR) is 112 cm³/mol. The van der Waals surface area contributed by atoms with Gasteiger partial charge in [0, 0.05) is 50.3 Å². The maximum Gasteiger partial charge on any atom is 0.257 e. The van der Waals surface area contributed by atoms with Crippen LogP contribution in [0.3, 0.4) is 0 Å². The van der Waals surface area contributed by atoms with E-state index in [0.29, 0.717) is 30.6 Å². The van der Waals surface area contributed by atoms with Crippen molar-refractivity contribution in [2.75, 3.05) is 36.4 Å². The first-order valence-corrected chi connectivity index (χ1v) is 10.3. The summed E-state index contributed by atoms with van der Waals surface area (Å²) in [6.45, 7) is 7.43. The highest BCUT2D eigenvalue weighted by Crippen LogP contribution is 2.24. The van der Waals surface area contributed by atoms with Gasteiger partial charge in [-0.1, -0.05) is 25.0 Å². The summed E-state index contributed by atoms with van der Waals surface area (Å²) in [7, 11) is 0. The minimum absolute atomic E-state index is 0.0213. The average molecular weight is 380 g/mol. The molecule has 1 aliphatic carbocycles. The van der Waals surface area contributed by atoms with Crippen LogP contribution in [0.25, 0.3) is 0 Å². The minimum Gasteiger partial charge on any atom is -0.368 e. The summed E-state index contributed by atoms with van der Waals surface area (Å²) in [5.41, 5.74) is 4.47. The molecular formula is C22H29N5O. The second-order valence-corrected chi connectivity index (χ2v) is 7.92. The molecule has 0 radical (unpaired) electrons. The first-order chi connectivity index (χ1) is 13.6. The Hall–Kier alpha value is -2.63. The Morgan fingerprint density at radius 3 is 2.39 bits per heavy atom. The number of hydrogen-bond acceptors (Lipinski definition) is 5. The number of carbonyl (C=O) groups is 1. The molecule has 1 saturated heterocycles. The van der Waals surface area contributed by atoms with Crippen LogP contribution in [-0.2, 0) is 0 Å². The summed E-state index contributed by atoms with van der Waals surface area (Å²) in [6, 6.07) is 6.89. The van der Waals surface area contributed by atoms with E-state index in [1.807, 2.05) is 4.90 Å². The van der Waals surface area contributed by atoms with Gasteiger partial charge < -0.3 is 15.1 Å². The van der Waals surface area contributed by atoms with Gasteiger partial charge in [0.15, 0.2) is 0 Å². The molecule has 6 nitrogen and oxygen atoms in total. The Bertz CT molecular complexity index is 821. The number of hydrogen-bond donors (Lipinski definition) is 1. The van der Waals surface area contributed by atoms with Crippen molar-refractivity contribution in [2.45, 2.75) is 45.6 Å². The van der Waals surface area contributed by atoms with Crippen molar-refractivity contribution in [3.63, 3.8) is 0 Å². The third-order valence-electron chi connectivity index (χ3n) is 6.07. The number of aromatic nitrogens is 2. The van der Waals surface area contributed by atoms with Gasteiger partial charge in [0.1, 0.15) is 0 Å². The van der Waals surface area contributed by atoms with E-state index < -0.39 is 0 Å². The smallest absolute Gasteiger partial charge is 0.257 e. The number of aryl methyl sites for hydroxylation is 1. The summed E-state index contributed by atoms with van der Waals surface area (Å²) in [4.78, 5) is 25.8. The molecule has 4 rings (SSSR count). The van der Waals surface area contributed by atoms with E-state index in [2.05, 4.69) is 52.2 Å². The Morgan fingerprint density at radius 1 is 1.04 bits per heavy atom. The molecule has 1 aromatic carbocycles. The van der Waals surface area contributed by atoms with Gasteiger partial charge in [-0.3, -0.25) is 4.79 Å². The maximum absolute atomic E-state index is 12.8. The molecule has 0 unspecified atom stereocenters. The number of carbonyl (C=O) groups excluding carboxylic acids is 1. The molecule has 2 fully saturated rings. The molecule has 0 atom stereocenters. The van der Waals surface area contributed by atoms with Crippen molar-refractivity contribution in [3.05, 3.63) is 47.3 Å². The normalized spacial score (nSPS) is 17.8. The van der Waals surface area contributed by atoms with Crippen LogP contribution in [0.15, 0.2) is 30.6 Å². The standard InChI is InChI=1S/C22H29N5O/c1-16-6-5-9-20(17(16)2)26-10-12-27(13-11-26)21(28)18-14-23-22(24-15-18)25-19-7-3-4-8-19/h5-6,9,14-15,19H,3-4,7-8,10-13H2,1-2H3,(H,23,24,25). The molecule has 2 heterocycles. The highest BCUT2D eigenvalue weighted by atomic mass is 16.2. The van der Waals surface area contributed by atoms with E-state index in [-0.39, 0.29) is 5.91 Å². The molecule has 1 amide bonds. The highest BCUT2D eigenvalue weighted by molar-refractivity contribution is 5.93. The topological polar surface area (TPSA) is 61.4 Å². The van der Waals surface area contributed by atoms with Gasteiger partial charge in [0.2, 0.25) is 5.95 Å². The van der Waals surface area contributed by atoms with Crippen molar-refractivity contribution < 1.29 is 4.79 Å². The number of rotatable bonds is 4. The number of anilines is 2. The molecule has 0 spiro atoms. The monoisotopic (exact) mass is 379 g/mol. The lowest BCUT2D eigenvalue weighted by Crippen LogP contribution is -2.49. The fourth-order valence-corrected chi connectivity index (χ4v) is 4.18. The molecule has 1 aromatic heterocycles. The van der Waals surface area contributed by atoms with Crippen LogP contribution < -0.4 is 10.2 Å². The van der Waals surface area contributed by atoms with Gasteiger partial charge in [0.05, 0.1) is 5.56 Å². The molecule has 1 aliphatic heterocycles. The van der Waals surface area contributed by atoms with Crippen molar-refractivity contribution in [1.29, 1.82) is 0 Å². The highest BCUT2D eigenvalue weighted by Gasteiger charge is 2.24. The zero-order chi connectivity index (χ0) is 19.5. The van der Waals surface area contributed by atoms with Crippen LogP contribution in [0.4, 0.5) is 11.6 Å². The van der Waals surface area contributed by atoms with Crippen molar-refractivity contribution in [1.82, 2.24) is 14.9 Å². The van der Waals surface area contributed by atoms with Gasteiger partial charge in [-0.05, 0) is 43.9 Å². The summed E-state index contributed by atoms with van der Waals surface area (Å²) in [5.74, 6) is 0.649. The lowest BCUT2D eigenvalue weighted by Gasteiger charge is -2.37. The van der Waals surface area contributed by atoms with Gasteiger partial charge in [-0.15, -0.1) is 0 Å². The van der Waals surface area contributed by atoms with Crippen LogP contribution in [0.5, 0.6) is 0 Å². The second-order valence-electron chi connectivity index (χ2n) is 7.92. The van der Waals surface area contributed by atoms with E-state index in [1.165, 1.54) is 42.5 Å². The second kappa shape index (κ2) is 8.17. The zero-order valence-corrected chi connectivity index (χ0v) is 16.8. The molecule has 1 N–H and O–H groups in total. The summed E-state index contributed by atoms with van der Waals surface area (Å²) < 4.78 is 0. The Labute approximate surface area is 167 Å². The Morgan fingerprint density at radius 2 is 1.71 bits per heavy atom. The number of piperazine rings is 1. The summed E-state index contributed by atoms with van der Waals surface area (Å²) in [5, 5.41) is 3.37. The van der Waals surface area contributed by atoms with Crippen molar-refractivity contribution in [2.24, 2.45) is 0 Å².